The lowest BCUT2D eigenvalue weighted by Gasteiger charge is -2.33. The molecule has 0 saturated carbocycles. The Hall–Kier alpha value is -10.7. The van der Waals surface area contributed by atoms with Crippen molar-refractivity contribution < 1.29 is 176 Å². The molecule has 1 aromatic heterocycles. The minimum absolute atomic E-state index is 0.0891. The van der Waals surface area contributed by atoms with E-state index in [1.165, 1.54) is 0 Å². The van der Waals surface area contributed by atoms with Crippen molar-refractivity contribution in [3.8, 4) is 0 Å². The molecular formula is C61H22F40N8. The Morgan fingerprint density at radius 1 is 0.174 bits per heavy atom. The molecule has 1 N–H and O–H groups in total. The van der Waals surface area contributed by atoms with E-state index < -0.39 is 375 Å². The van der Waals surface area contributed by atoms with Crippen LogP contribution in [0.3, 0.4) is 0 Å². The van der Waals surface area contributed by atoms with Gasteiger partial charge in [0.1, 0.15) is 45.5 Å². The van der Waals surface area contributed by atoms with Crippen molar-refractivity contribution >= 4 is 45.5 Å². The molecule has 0 bridgehead atoms. The van der Waals surface area contributed by atoms with Gasteiger partial charge in [-0.15, -0.1) is 0 Å². The van der Waals surface area contributed by atoms with E-state index in [1.807, 2.05) is 5.10 Å². The standard InChI is InChI=1S/C61H22F40N8/c62-14-22(70)38(86)54(39(87)23(14)71)106(55-40(88)24(72)15(63)25(73)41(55)89)5-1-104(2-6-107(56-42(90)26(74)16(64)27(75)43(56)91)57-44(92)28(76)17(65)29(77)45(57)93)10-12-9-13(103-102-12)11-105(3-7-108(58-46(94)30(78)18(66)31(79)47(58)95)59-48(96)32(80)19(67)33(81)49(59)97)4-8-109(60-50(98)34(82)20(68)35(83)51(60)99)61-52(100)36(84)21(69)37(85)53(61)101/h9H,1-8,10-11H2,(H,102,103). The summed E-state index contributed by atoms with van der Waals surface area (Å²) in [6.45, 7) is -19.6. The number of benzene rings is 8. The smallest absolute Gasteiger partial charge is 0.200 e. The maximum Gasteiger partial charge on any atom is 0.200 e. The first kappa shape index (κ1) is 82.3. The average Bonchev–Trinajstić information content (AvgIpc) is 0.845. The van der Waals surface area contributed by atoms with Crippen molar-refractivity contribution in [3.05, 3.63) is 250 Å². The molecule has 0 radical (unpaired) electrons. The van der Waals surface area contributed by atoms with E-state index in [9.17, 15) is 105 Å². The molecule has 9 aromatic rings. The Morgan fingerprint density at radius 3 is 0.450 bits per heavy atom. The van der Waals surface area contributed by atoms with Crippen molar-refractivity contribution in [1.29, 1.82) is 0 Å². The number of nitrogens with zero attached hydrogens (tertiary/aromatic N) is 7. The second-order valence-corrected chi connectivity index (χ2v) is 21.9. The molecule has 8 aromatic carbocycles. The minimum atomic E-state index is -3.20. The number of aromatic nitrogens is 2. The molecular weight excluding hydrogens is 1600 g/mol. The first-order valence-electron chi connectivity index (χ1n) is 28.5. The molecule has 0 fully saturated rings. The van der Waals surface area contributed by atoms with Gasteiger partial charge < -0.3 is 19.6 Å². The summed E-state index contributed by atoms with van der Waals surface area (Å²) in [6.07, 6.45) is 0. The van der Waals surface area contributed by atoms with E-state index in [2.05, 4.69) is 5.10 Å². The monoisotopic (exact) mass is 1630 g/mol. The van der Waals surface area contributed by atoms with Gasteiger partial charge in [0.15, 0.2) is 186 Å². The highest BCUT2D eigenvalue weighted by molar-refractivity contribution is 5.70. The molecule has 48 heteroatoms. The highest BCUT2D eigenvalue weighted by Crippen LogP contribution is 2.46. The summed E-state index contributed by atoms with van der Waals surface area (Å²) >= 11 is 0. The molecule has 0 aliphatic carbocycles. The second kappa shape index (κ2) is 31.1. The van der Waals surface area contributed by atoms with E-state index in [-0.39, 0.29) is 9.80 Å². The van der Waals surface area contributed by atoms with Crippen molar-refractivity contribution in [1.82, 2.24) is 20.0 Å². The second-order valence-electron chi connectivity index (χ2n) is 21.9. The maximum absolute atomic E-state index is 15.8. The summed E-state index contributed by atoms with van der Waals surface area (Å²) in [4.78, 5) is -3.79. The number of rotatable bonds is 24. The van der Waals surface area contributed by atoms with Gasteiger partial charge in [-0.05, 0) is 6.07 Å². The third kappa shape index (κ3) is 14.1. The maximum atomic E-state index is 15.8. The molecule has 8 nitrogen and oxygen atoms in total. The molecule has 9 rings (SSSR count). The van der Waals surface area contributed by atoms with Gasteiger partial charge >= 0.3 is 0 Å². The number of H-pyrrole nitrogens is 1. The van der Waals surface area contributed by atoms with Crippen LogP contribution in [0.15, 0.2) is 6.07 Å². The number of nitrogens with one attached hydrogen (secondary N) is 1. The molecule has 1 heterocycles. The molecule has 586 valence electrons. The predicted octanol–water partition coefficient (Wildman–Crippen LogP) is 18.9. The van der Waals surface area contributed by atoms with Crippen LogP contribution in [-0.2, 0) is 13.1 Å². The Balaban J connectivity index is 1.24. The Bertz CT molecular complexity index is 4090. The fraction of sp³-hybridized carbons (Fsp3) is 0.164. The van der Waals surface area contributed by atoms with Crippen molar-refractivity contribution in [2.75, 3.05) is 72.0 Å². The third-order valence-corrected chi connectivity index (χ3v) is 15.7. The quantitative estimate of drug-likeness (QED) is 0.0367. The van der Waals surface area contributed by atoms with Crippen LogP contribution < -0.4 is 19.6 Å². The van der Waals surface area contributed by atoms with Gasteiger partial charge in [0.05, 0.1) is 5.69 Å². The summed E-state index contributed by atoms with van der Waals surface area (Å²) in [6, 6.07) is 0.343. The van der Waals surface area contributed by atoms with Crippen LogP contribution in [0.1, 0.15) is 11.4 Å². The Labute approximate surface area is 575 Å². The van der Waals surface area contributed by atoms with Crippen LogP contribution in [0.4, 0.5) is 221 Å². The Morgan fingerprint density at radius 2 is 0.303 bits per heavy atom. The van der Waals surface area contributed by atoms with Gasteiger partial charge in [-0.25, -0.2) is 176 Å². The molecule has 0 amide bonds. The van der Waals surface area contributed by atoms with E-state index >= 15 is 70.2 Å². The number of aromatic amines is 1. The van der Waals surface area contributed by atoms with Crippen LogP contribution in [0.5, 0.6) is 0 Å². The zero-order chi connectivity index (χ0) is 81.5. The number of anilines is 8. The van der Waals surface area contributed by atoms with E-state index in [0.29, 0.717) is 6.07 Å². The lowest BCUT2D eigenvalue weighted by Crippen LogP contribution is -2.40. The molecule has 0 aliphatic heterocycles. The number of halogens is 40. The number of hydrogen-bond acceptors (Lipinski definition) is 7. The summed E-state index contributed by atoms with van der Waals surface area (Å²) in [7, 11) is 0. The van der Waals surface area contributed by atoms with Gasteiger partial charge in [-0.1, -0.05) is 0 Å². The summed E-state index contributed by atoms with van der Waals surface area (Å²) in [5, 5.41) is 5.45. The molecule has 0 atom stereocenters. The highest BCUT2D eigenvalue weighted by atomic mass is 19.2. The van der Waals surface area contributed by atoms with Gasteiger partial charge in [-0.2, -0.15) is 5.10 Å². The summed E-state index contributed by atoms with van der Waals surface area (Å²) in [5.74, 6) is -127. The van der Waals surface area contributed by atoms with Crippen LogP contribution in [0.25, 0.3) is 0 Å². The highest BCUT2D eigenvalue weighted by Gasteiger charge is 2.43. The Kier molecular flexibility index (Phi) is 23.5. The predicted molar refractivity (Wildman–Crippen MR) is 287 cm³/mol. The lowest BCUT2D eigenvalue weighted by molar-refractivity contribution is 0.273. The largest absolute Gasteiger partial charge is 0.330 e. The normalized spacial score (nSPS) is 11.8. The van der Waals surface area contributed by atoms with E-state index in [4.69, 9.17) is 0 Å². The van der Waals surface area contributed by atoms with Crippen molar-refractivity contribution in [3.63, 3.8) is 0 Å². The van der Waals surface area contributed by atoms with Crippen LogP contribution in [0.2, 0.25) is 0 Å². The van der Waals surface area contributed by atoms with E-state index in [1.54, 1.807) is 0 Å². The first-order valence-corrected chi connectivity index (χ1v) is 28.5. The lowest BCUT2D eigenvalue weighted by atomic mass is 10.1. The minimum Gasteiger partial charge on any atom is -0.330 e. The van der Waals surface area contributed by atoms with Crippen LogP contribution >= 0.6 is 0 Å². The van der Waals surface area contributed by atoms with Crippen LogP contribution in [-0.4, -0.2) is 72.4 Å². The van der Waals surface area contributed by atoms with Crippen LogP contribution in [0, 0.1) is 233 Å². The van der Waals surface area contributed by atoms with Gasteiger partial charge in [0, 0.05) is 71.1 Å². The zero-order valence-electron chi connectivity index (χ0n) is 51.4. The first-order chi connectivity index (χ1) is 50.8. The summed E-state index contributed by atoms with van der Waals surface area (Å²) in [5.41, 5.74) is -23.9. The van der Waals surface area contributed by atoms with Crippen molar-refractivity contribution in [2.45, 2.75) is 13.1 Å². The topological polar surface area (TPSA) is 48.1 Å². The fourth-order valence-electron chi connectivity index (χ4n) is 10.5. The zero-order valence-corrected chi connectivity index (χ0v) is 51.4. The van der Waals surface area contributed by atoms with Gasteiger partial charge in [0.2, 0.25) is 46.5 Å². The SMILES string of the molecule is Fc1c(F)c(F)c(N(CCN(CCN(c2c(F)c(F)c(F)c(F)c2F)c2c(F)c(F)c(F)c(F)c2F)Cc2cc(CN(CCN(c3c(F)c(F)c(F)c(F)c3F)c3c(F)c(F)c(F)c(F)c3F)CCN(c3c(F)c(F)c(F)c(F)c3F)c3c(F)c(F)c(F)c(F)c3F)[nH]n2)c2c(F)c(F)c(F)c(F)c2F)c(F)c1F. The van der Waals surface area contributed by atoms with Gasteiger partial charge in [-0.3, -0.25) is 14.9 Å². The number of hydrogen-bond donors (Lipinski definition) is 1. The molecule has 109 heavy (non-hydrogen) atoms. The molecule has 0 saturated heterocycles. The van der Waals surface area contributed by atoms with Crippen molar-refractivity contribution in [2.24, 2.45) is 0 Å². The fourth-order valence-corrected chi connectivity index (χ4v) is 10.5. The molecule has 0 unspecified atom stereocenters. The van der Waals surface area contributed by atoms with Gasteiger partial charge in [0.25, 0.3) is 0 Å². The molecule has 0 aliphatic rings. The average molecular weight is 1630 g/mol. The summed E-state index contributed by atoms with van der Waals surface area (Å²) < 4.78 is 607. The van der Waals surface area contributed by atoms with E-state index in [0.717, 1.165) is 0 Å². The third-order valence-electron chi connectivity index (χ3n) is 15.7. The molecule has 0 spiro atoms.